The lowest BCUT2D eigenvalue weighted by Gasteiger charge is -2.12. The van der Waals surface area contributed by atoms with Crippen LogP contribution in [0.1, 0.15) is 19.4 Å². The molecule has 0 saturated heterocycles. The first kappa shape index (κ1) is 22.9. The zero-order valence-corrected chi connectivity index (χ0v) is 18.3. The molecule has 0 fully saturated rings. The molecule has 2 aromatic carbocycles. The van der Waals surface area contributed by atoms with Gasteiger partial charge < -0.3 is 9.47 Å². The number of ether oxygens (including phenoxy) is 2. The summed E-state index contributed by atoms with van der Waals surface area (Å²) in [5.74, 6) is -0.327. The molecule has 0 bridgehead atoms. The van der Waals surface area contributed by atoms with E-state index in [0.29, 0.717) is 17.0 Å². The fourth-order valence-corrected chi connectivity index (χ4v) is 3.59. The van der Waals surface area contributed by atoms with Crippen LogP contribution in [0, 0.1) is 10.1 Å². The Labute approximate surface area is 183 Å². The van der Waals surface area contributed by atoms with Gasteiger partial charge in [-0.2, -0.15) is 10.1 Å². The molecule has 0 aliphatic carbocycles. The van der Waals surface area contributed by atoms with Crippen LogP contribution in [0.25, 0.3) is 6.08 Å². The SMILES string of the molecule is CCOc1c(OC)cc(/C=C2/C(=O)N(c3ccc(S(N)(=O)=O)cc3)N=C2C)cc1[N+](=O)[O-]. The molecular weight excluding hydrogens is 440 g/mol. The van der Waals surface area contributed by atoms with Gasteiger partial charge in [0, 0.05) is 6.07 Å². The largest absolute Gasteiger partial charge is 0.493 e. The van der Waals surface area contributed by atoms with Gasteiger partial charge in [-0.25, -0.2) is 13.6 Å². The predicted molar refractivity (Wildman–Crippen MR) is 117 cm³/mol. The van der Waals surface area contributed by atoms with Crippen LogP contribution in [0.3, 0.4) is 0 Å². The second-order valence-corrected chi connectivity index (χ2v) is 8.22. The van der Waals surface area contributed by atoms with Crippen LogP contribution >= 0.6 is 0 Å². The molecule has 11 nitrogen and oxygen atoms in total. The van der Waals surface area contributed by atoms with Gasteiger partial charge in [-0.3, -0.25) is 14.9 Å². The minimum Gasteiger partial charge on any atom is -0.493 e. The average molecular weight is 460 g/mol. The van der Waals surface area contributed by atoms with Crippen molar-refractivity contribution in [1.29, 1.82) is 0 Å². The molecule has 0 spiro atoms. The number of carbonyl (C=O) groups is 1. The summed E-state index contributed by atoms with van der Waals surface area (Å²) in [6.07, 6.45) is 1.46. The van der Waals surface area contributed by atoms with Gasteiger partial charge in [-0.15, -0.1) is 0 Å². The lowest BCUT2D eigenvalue weighted by atomic mass is 10.1. The number of hydrogen-bond acceptors (Lipinski definition) is 8. The summed E-state index contributed by atoms with van der Waals surface area (Å²) in [5.41, 5.74) is 0.970. The fraction of sp³-hybridized carbons (Fsp3) is 0.200. The predicted octanol–water partition coefficient (Wildman–Crippen LogP) is 2.46. The number of rotatable bonds is 7. The summed E-state index contributed by atoms with van der Waals surface area (Å²) in [5, 5.41) is 21.9. The van der Waals surface area contributed by atoms with Gasteiger partial charge >= 0.3 is 5.69 Å². The number of nitro benzene ring substituents is 1. The van der Waals surface area contributed by atoms with Gasteiger partial charge in [0.05, 0.1) is 40.5 Å². The molecule has 0 unspecified atom stereocenters. The minimum atomic E-state index is -3.87. The van der Waals surface area contributed by atoms with Crippen molar-refractivity contribution in [3.8, 4) is 11.5 Å². The van der Waals surface area contributed by atoms with E-state index in [1.54, 1.807) is 13.8 Å². The van der Waals surface area contributed by atoms with E-state index in [1.807, 2.05) is 0 Å². The summed E-state index contributed by atoms with van der Waals surface area (Å²) in [7, 11) is -2.51. The number of hydrogen-bond donors (Lipinski definition) is 1. The molecule has 1 heterocycles. The lowest BCUT2D eigenvalue weighted by Crippen LogP contribution is -2.21. The molecule has 168 valence electrons. The highest BCUT2D eigenvalue weighted by Crippen LogP contribution is 2.39. The van der Waals surface area contributed by atoms with Crippen LogP contribution in [0.4, 0.5) is 11.4 Å². The quantitative estimate of drug-likeness (QED) is 0.378. The summed E-state index contributed by atoms with van der Waals surface area (Å²) in [6.45, 7) is 3.52. The number of hydrazone groups is 1. The summed E-state index contributed by atoms with van der Waals surface area (Å²) >= 11 is 0. The molecule has 2 aromatic rings. The maximum absolute atomic E-state index is 13.0. The van der Waals surface area contributed by atoms with Crippen molar-refractivity contribution in [3.05, 3.63) is 57.6 Å². The van der Waals surface area contributed by atoms with E-state index >= 15 is 0 Å². The Hall–Kier alpha value is -3.77. The lowest BCUT2D eigenvalue weighted by molar-refractivity contribution is -0.385. The number of nitrogens with two attached hydrogens (primary N) is 1. The second-order valence-electron chi connectivity index (χ2n) is 6.66. The van der Waals surface area contributed by atoms with Crippen molar-refractivity contribution < 1.29 is 27.6 Å². The topological polar surface area (TPSA) is 154 Å². The summed E-state index contributed by atoms with van der Waals surface area (Å²) in [4.78, 5) is 23.8. The molecule has 1 amide bonds. The molecule has 12 heteroatoms. The highest BCUT2D eigenvalue weighted by Gasteiger charge is 2.30. The highest BCUT2D eigenvalue weighted by atomic mass is 32.2. The number of amides is 1. The Morgan fingerprint density at radius 2 is 1.91 bits per heavy atom. The number of anilines is 1. The van der Waals surface area contributed by atoms with Gasteiger partial charge in [0.1, 0.15) is 0 Å². The third-order valence-electron chi connectivity index (χ3n) is 4.55. The maximum Gasteiger partial charge on any atom is 0.315 e. The van der Waals surface area contributed by atoms with Gasteiger partial charge in [0.15, 0.2) is 5.75 Å². The molecule has 0 atom stereocenters. The van der Waals surface area contributed by atoms with Crippen molar-refractivity contribution in [3.63, 3.8) is 0 Å². The smallest absolute Gasteiger partial charge is 0.315 e. The van der Waals surface area contributed by atoms with Crippen LogP contribution in [0.2, 0.25) is 0 Å². The molecule has 0 radical (unpaired) electrons. The number of sulfonamides is 1. The Kier molecular flexibility index (Phi) is 6.27. The molecule has 0 aromatic heterocycles. The molecular formula is C20H20N4O7S. The van der Waals surface area contributed by atoms with E-state index in [1.165, 1.54) is 49.6 Å². The van der Waals surface area contributed by atoms with Gasteiger partial charge in [0.25, 0.3) is 5.91 Å². The zero-order chi connectivity index (χ0) is 23.6. The first-order valence-electron chi connectivity index (χ1n) is 9.30. The van der Waals surface area contributed by atoms with Gasteiger partial charge in [-0.05, 0) is 55.8 Å². The number of benzene rings is 2. The molecule has 1 aliphatic rings. The number of nitro groups is 1. The van der Waals surface area contributed by atoms with Crippen molar-refractivity contribution in [2.75, 3.05) is 18.7 Å². The van der Waals surface area contributed by atoms with E-state index < -0.39 is 20.9 Å². The number of carbonyl (C=O) groups excluding carboxylic acids is 1. The van der Waals surface area contributed by atoms with Crippen LogP contribution in [0.5, 0.6) is 11.5 Å². The van der Waals surface area contributed by atoms with E-state index in [-0.39, 0.29) is 34.3 Å². The normalized spacial score (nSPS) is 15.1. The van der Waals surface area contributed by atoms with E-state index in [9.17, 15) is 23.3 Å². The number of primary sulfonamides is 1. The third-order valence-corrected chi connectivity index (χ3v) is 5.48. The minimum absolute atomic E-state index is 0.00172. The zero-order valence-electron chi connectivity index (χ0n) is 17.4. The molecule has 2 N–H and O–H groups in total. The van der Waals surface area contributed by atoms with Gasteiger partial charge in [-0.1, -0.05) is 0 Å². The van der Waals surface area contributed by atoms with Gasteiger partial charge in [0.2, 0.25) is 15.8 Å². The van der Waals surface area contributed by atoms with E-state index in [2.05, 4.69) is 5.10 Å². The molecule has 32 heavy (non-hydrogen) atoms. The average Bonchev–Trinajstić information content (AvgIpc) is 3.02. The number of methoxy groups -OCH3 is 1. The third kappa shape index (κ3) is 4.45. The van der Waals surface area contributed by atoms with Crippen LogP contribution in [-0.2, 0) is 14.8 Å². The van der Waals surface area contributed by atoms with Crippen LogP contribution < -0.4 is 19.6 Å². The second kappa shape index (κ2) is 8.77. The standard InChI is InChI=1S/C20H20N4O7S/c1-4-31-19-17(24(26)27)10-13(11-18(19)30-3)9-16-12(2)22-23(20(16)25)14-5-7-15(8-6-14)32(21,28)29/h5-11H,4H2,1-3H3,(H2,21,28,29)/b16-9+. The first-order valence-corrected chi connectivity index (χ1v) is 10.8. The van der Waals surface area contributed by atoms with Crippen molar-refractivity contribution >= 4 is 39.1 Å². The van der Waals surface area contributed by atoms with E-state index in [4.69, 9.17) is 14.6 Å². The fourth-order valence-electron chi connectivity index (χ4n) is 3.07. The Morgan fingerprint density at radius 3 is 2.44 bits per heavy atom. The monoisotopic (exact) mass is 460 g/mol. The summed E-state index contributed by atoms with van der Waals surface area (Å²) < 4.78 is 33.4. The number of nitrogens with zero attached hydrogens (tertiary/aromatic N) is 3. The molecule has 1 aliphatic heterocycles. The highest BCUT2D eigenvalue weighted by molar-refractivity contribution is 7.89. The van der Waals surface area contributed by atoms with Crippen LogP contribution in [-0.4, -0.2) is 38.7 Å². The van der Waals surface area contributed by atoms with E-state index in [0.717, 1.165) is 5.01 Å². The maximum atomic E-state index is 13.0. The first-order chi connectivity index (χ1) is 15.1. The molecule has 3 rings (SSSR count). The van der Waals surface area contributed by atoms with Crippen LogP contribution in [0.15, 0.2) is 52.0 Å². The van der Waals surface area contributed by atoms with Crippen molar-refractivity contribution in [2.45, 2.75) is 18.7 Å². The summed E-state index contributed by atoms with van der Waals surface area (Å²) in [6, 6.07) is 8.15. The Morgan fingerprint density at radius 1 is 1.25 bits per heavy atom. The van der Waals surface area contributed by atoms with Crippen molar-refractivity contribution in [1.82, 2.24) is 0 Å². The Bertz CT molecular complexity index is 1250. The van der Waals surface area contributed by atoms with Crippen molar-refractivity contribution in [2.24, 2.45) is 10.2 Å². The molecule has 0 saturated carbocycles. The Balaban J connectivity index is 2.00.